The number of alkyl halides is 2. The summed E-state index contributed by atoms with van der Waals surface area (Å²) in [6, 6.07) is 6.17. The fourth-order valence-electron chi connectivity index (χ4n) is 3.22. The number of carbonyl (C=O) groups is 1. The van der Waals surface area contributed by atoms with E-state index in [1.807, 2.05) is 0 Å². The molecule has 3 aromatic heterocycles. The van der Waals surface area contributed by atoms with E-state index in [9.17, 15) is 13.6 Å². The third-order valence-electron chi connectivity index (χ3n) is 4.76. The van der Waals surface area contributed by atoms with Crippen molar-refractivity contribution in [3.05, 3.63) is 41.9 Å². The number of amides is 1. The van der Waals surface area contributed by atoms with Crippen molar-refractivity contribution in [1.29, 1.82) is 0 Å². The molecule has 0 radical (unpaired) electrons. The Kier molecular flexibility index (Phi) is 3.94. The molecule has 0 bridgehead atoms. The third-order valence-corrected chi connectivity index (χ3v) is 4.76. The van der Waals surface area contributed by atoms with Gasteiger partial charge in [-0.25, -0.2) is 14.6 Å². The predicted molar refractivity (Wildman–Crippen MR) is 97.1 cm³/mol. The molecule has 8 heteroatoms. The Morgan fingerprint density at radius 1 is 1.37 bits per heavy atom. The summed E-state index contributed by atoms with van der Waals surface area (Å²) in [6.45, 7) is 4.36. The summed E-state index contributed by atoms with van der Waals surface area (Å²) in [5, 5.41) is 8.16. The molecule has 0 aliphatic heterocycles. The highest BCUT2D eigenvalue weighted by Gasteiger charge is 2.38. The first-order valence-corrected chi connectivity index (χ1v) is 8.76. The first-order valence-electron chi connectivity index (χ1n) is 8.76. The van der Waals surface area contributed by atoms with Gasteiger partial charge in [0.05, 0.1) is 11.2 Å². The molecule has 27 heavy (non-hydrogen) atoms. The molecule has 0 saturated heterocycles. The van der Waals surface area contributed by atoms with Crippen LogP contribution in [0.1, 0.15) is 44.5 Å². The molecule has 140 valence electrons. The minimum atomic E-state index is -3.05. The molecule has 1 amide bonds. The Balaban J connectivity index is 1.89. The fourth-order valence-corrected chi connectivity index (χ4v) is 3.22. The lowest BCUT2D eigenvalue weighted by Gasteiger charge is -2.11. The van der Waals surface area contributed by atoms with E-state index in [-0.39, 0.29) is 11.6 Å². The molecule has 1 saturated carbocycles. The number of aromatic nitrogens is 4. The zero-order chi connectivity index (χ0) is 19.3. The highest BCUT2D eigenvalue weighted by molar-refractivity contribution is 5.91. The normalized spacial score (nSPS) is 19.3. The number of anilines is 1. The monoisotopic (exact) mass is 371 g/mol. The number of carbonyl (C=O) groups excluding carboxylic acids is 1. The molecule has 1 aliphatic rings. The second-order valence-electron chi connectivity index (χ2n) is 7.15. The molecule has 0 aromatic carbocycles. The van der Waals surface area contributed by atoms with E-state index in [1.165, 1.54) is 19.1 Å². The van der Waals surface area contributed by atoms with Gasteiger partial charge in [-0.15, -0.1) is 0 Å². The van der Waals surface area contributed by atoms with E-state index in [2.05, 4.69) is 27.3 Å². The minimum Gasteiger partial charge on any atom is -0.311 e. The molecule has 3 aromatic rings. The maximum atomic E-state index is 13.7. The largest absolute Gasteiger partial charge is 0.311 e. The van der Waals surface area contributed by atoms with Crippen molar-refractivity contribution in [3.8, 4) is 5.82 Å². The summed E-state index contributed by atoms with van der Waals surface area (Å²) >= 11 is 0. The average Bonchev–Trinajstić information content (AvgIpc) is 3.20. The highest BCUT2D eigenvalue weighted by atomic mass is 19.3. The fraction of sp³-hybridized carbons (Fsp3) is 0.368. The number of fused-ring (bicyclic) bond motifs is 1. The summed E-state index contributed by atoms with van der Waals surface area (Å²) in [5.41, 5.74) is 1.24. The van der Waals surface area contributed by atoms with Gasteiger partial charge in [-0.2, -0.15) is 13.9 Å². The maximum absolute atomic E-state index is 13.7. The van der Waals surface area contributed by atoms with Crippen molar-refractivity contribution in [2.45, 2.75) is 39.0 Å². The smallest absolute Gasteiger partial charge is 0.287 e. The Labute approximate surface area is 154 Å². The lowest BCUT2D eigenvalue weighted by molar-refractivity contribution is -0.114. The highest BCUT2D eigenvalue weighted by Crippen LogP contribution is 2.48. The van der Waals surface area contributed by atoms with Gasteiger partial charge in [-0.3, -0.25) is 4.79 Å². The van der Waals surface area contributed by atoms with Crippen LogP contribution in [0.25, 0.3) is 16.7 Å². The third kappa shape index (κ3) is 3.27. The molecule has 1 N–H and O–H groups in total. The van der Waals surface area contributed by atoms with Gasteiger partial charge in [0.25, 0.3) is 5.92 Å². The molecular formula is C19H19F2N5O. The zero-order valence-corrected chi connectivity index (χ0v) is 15.2. The first kappa shape index (κ1) is 17.5. The predicted octanol–water partition coefficient (Wildman–Crippen LogP) is 4.01. The van der Waals surface area contributed by atoms with Crippen molar-refractivity contribution in [1.82, 2.24) is 19.7 Å². The maximum Gasteiger partial charge on any atom is 0.287 e. The number of hydrogen-bond acceptors (Lipinski definition) is 4. The molecule has 6 nitrogen and oxygen atoms in total. The van der Waals surface area contributed by atoms with E-state index in [1.54, 1.807) is 23.0 Å². The molecule has 0 spiro atoms. The second-order valence-corrected chi connectivity index (χ2v) is 7.15. The van der Waals surface area contributed by atoms with E-state index < -0.39 is 5.92 Å². The van der Waals surface area contributed by atoms with Gasteiger partial charge in [0.2, 0.25) is 5.91 Å². The Hall–Kier alpha value is -2.90. The molecule has 0 unspecified atom stereocenters. The lowest BCUT2D eigenvalue weighted by Crippen LogP contribution is -2.12. The quantitative estimate of drug-likeness (QED) is 0.752. The van der Waals surface area contributed by atoms with Crippen LogP contribution in [0.5, 0.6) is 0 Å². The van der Waals surface area contributed by atoms with Crippen LogP contribution in [0.15, 0.2) is 30.5 Å². The SMILES string of the molecule is CC(=O)Nc1cc2c(cn1)c([C@@H]1C[C@H]1C)nn2-c1cccc(C(C)(F)F)n1. The van der Waals surface area contributed by atoms with Crippen molar-refractivity contribution in [2.75, 3.05) is 5.32 Å². The number of nitrogens with zero attached hydrogens (tertiary/aromatic N) is 4. The van der Waals surface area contributed by atoms with Gasteiger partial charge >= 0.3 is 0 Å². The Bertz CT molecular complexity index is 1040. The van der Waals surface area contributed by atoms with E-state index in [0.717, 1.165) is 24.4 Å². The zero-order valence-electron chi connectivity index (χ0n) is 15.2. The van der Waals surface area contributed by atoms with Crippen molar-refractivity contribution < 1.29 is 13.6 Å². The molecule has 4 rings (SSSR count). The molecule has 2 atom stereocenters. The molecule has 1 fully saturated rings. The lowest BCUT2D eigenvalue weighted by atomic mass is 10.1. The molecular weight excluding hydrogens is 352 g/mol. The summed E-state index contributed by atoms with van der Waals surface area (Å²) in [4.78, 5) is 19.7. The second kappa shape index (κ2) is 6.07. The van der Waals surface area contributed by atoms with E-state index >= 15 is 0 Å². The van der Waals surface area contributed by atoms with Gasteiger partial charge in [0.15, 0.2) is 5.82 Å². The van der Waals surface area contributed by atoms with Crippen LogP contribution in [0.3, 0.4) is 0 Å². The van der Waals surface area contributed by atoms with Crippen LogP contribution in [0.2, 0.25) is 0 Å². The van der Waals surface area contributed by atoms with Crippen LogP contribution in [0.4, 0.5) is 14.6 Å². The first-order chi connectivity index (χ1) is 12.7. The number of rotatable bonds is 4. The van der Waals surface area contributed by atoms with Crippen LogP contribution in [-0.4, -0.2) is 25.7 Å². The van der Waals surface area contributed by atoms with Gasteiger partial charge in [-0.05, 0) is 24.5 Å². The standard InChI is InChI=1S/C19H19F2N5O/c1-10-7-12(10)18-13-9-22-16(23-11(2)27)8-14(13)26(25-18)17-6-4-5-15(24-17)19(3,20)21/h4-6,8-10,12H,7H2,1-3H3,(H,22,23,27)/t10-,12-/m1/s1. The Morgan fingerprint density at radius 3 is 2.74 bits per heavy atom. The number of nitrogens with one attached hydrogen (secondary N) is 1. The topological polar surface area (TPSA) is 72.7 Å². The minimum absolute atomic E-state index is 0.241. The number of pyridine rings is 2. The van der Waals surface area contributed by atoms with Crippen LogP contribution >= 0.6 is 0 Å². The summed E-state index contributed by atoms with van der Waals surface area (Å²) < 4.78 is 29.0. The van der Waals surface area contributed by atoms with Gasteiger partial charge < -0.3 is 5.32 Å². The van der Waals surface area contributed by atoms with Gasteiger partial charge in [0, 0.05) is 37.4 Å². The van der Waals surface area contributed by atoms with E-state index in [4.69, 9.17) is 0 Å². The number of hydrogen-bond donors (Lipinski definition) is 1. The van der Waals surface area contributed by atoms with Crippen molar-refractivity contribution >= 4 is 22.6 Å². The van der Waals surface area contributed by atoms with Gasteiger partial charge in [0.1, 0.15) is 11.5 Å². The Morgan fingerprint density at radius 2 is 2.11 bits per heavy atom. The molecule has 1 aliphatic carbocycles. The molecule has 3 heterocycles. The summed E-state index contributed by atoms with van der Waals surface area (Å²) in [6.07, 6.45) is 2.70. The van der Waals surface area contributed by atoms with Crippen molar-refractivity contribution in [2.24, 2.45) is 5.92 Å². The van der Waals surface area contributed by atoms with Crippen LogP contribution in [0, 0.1) is 5.92 Å². The van der Waals surface area contributed by atoms with E-state index in [0.29, 0.717) is 29.0 Å². The van der Waals surface area contributed by atoms with Crippen LogP contribution in [-0.2, 0) is 10.7 Å². The summed E-state index contributed by atoms with van der Waals surface area (Å²) in [5.74, 6) is -1.77. The van der Waals surface area contributed by atoms with Crippen molar-refractivity contribution in [3.63, 3.8) is 0 Å². The van der Waals surface area contributed by atoms with Gasteiger partial charge in [-0.1, -0.05) is 13.0 Å². The van der Waals surface area contributed by atoms with Crippen LogP contribution < -0.4 is 5.32 Å². The summed E-state index contributed by atoms with van der Waals surface area (Å²) in [7, 11) is 0. The average molecular weight is 371 g/mol. The number of halogens is 2.